The molecule has 82 valence electrons. The molecule has 2 fully saturated rings. The van der Waals surface area contributed by atoms with Gasteiger partial charge in [0.2, 0.25) is 0 Å². The number of rotatable bonds is 0. The fourth-order valence-electron chi connectivity index (χ4n) is 2.90. The average molecular weight is 196 g/mol. The van der Waals surface area contributed by atoms with Crippen LogP contribution in [-0.2, 0) is 0 Å². The second kappa shape index (κ2) is 3.49. The van der Waals surface area contributed by atoms with E-state index in [1.54, 1.807) is 0 Å². The highest BCUT2D eigenvalue weighted by Crippen LogP contribution is 2.34. The Kier molecular flexibility index (Phi) is 2.61. The highest BCUT2D eigenvalue weighted by Gasteiger charge is 2.39. The molecule has 2 nitrogen and oxygen atoms in total. The van der Waals surface area contributed by atoms with Gasteiger partial charge in [0, 0.05) is 25.2 Å². The first-order chi connectivity index (χ1) is 6.47. The Bertz CT molecular complexity index is 207. The maximum Gasteiger partial charge on any atom is 0.0125 e. The Morgan fingerprint density at radius 1 is 1.00 bits per heavy atom. The van der Waals surface area contributed by atoms with Crippen LogP contribution in [-0.4, -0.2) is 48.6 Å². The zero-order valence-electron chi connectivity index (χ0n) is 10.1. The van der Waals surface area contributed by atoms with Gasteiger partial charge < -0.3 is 4.90 Å². The second-order valence-corrected chi connectivity index (χ2v) is 6.15. The molecule has 2 saturated heterocycles. The fraction of sp³-hybridized carbons (Fsp3) is 1.00. The molecule has 2 aliphatic rings. The summed E-state index contributed by atoms with van der Waals surface area (Å²) in [7, 11) is 2.26. The number of hydrogen-bond acceptors (Lipinski definition) is 2. The number of nitrogens with zero attached hydrogens (tertiary/aromatic N) is 2. The molecule has 0 unspecified atom stereocenters. The summed E-state index contributed by atoms with van der Waals surface area (Å²) in [5, 5.41) is 0. The van der Waals surface area contributed by atoms with E-state index in [1.807, 2.05) is 0 Å². The minimum Gasteiger partial charge on any atom is -0.306 e. The number of likely N-dealkylation sites (tertiary alicyclic amines) is 2. The Labute approximate surface area is 88.3 Å². The summed E-state index contributed by atoms with van der Waals surface area (Å²) in [5.74, 6) is 1.92. The van der Waals surface area contributed by atoms with Gasteiger partial charge in [0.15, 0.2) is 0 Å². The first-order valence-electron chi connectivity index (χ1n) is 5.90. The first-order valence-corrected chi connectivity index (χ1v) is 5.90. The van der Waals surface area contributed by atoms with Crippen LogP contribution in [0.1, 0.15) is 27.2 Å². The van der Waals surface area contributed by atoms with Gasteiger partial charge in [-0.25, -0.2) is 0 Å². The normalized spacial score (nSPS) is 36.0. The third kappa shape index (κ3) is 1.96. The van der Waals surface area contributed by atoms with Gasteiger partial charge in [-0.3, -0.25) is 4.90 Å². The molecular weight excluding hydrogens is 172 g/mol. The predicted octanol–water partition coefficient (Wildman–Crippen LogP) is 1.67. The van der Waals surface area contributed by atoms with Gasteiger partial charge in [0.05, 0.1) is 0 Å². The van der Waals surface area contributed by atoms with Gasteiger partial charge in [0.1, 0.15) is 0 Å². The second-order valence-electron chi connectivity index (χ2n) is 6.15. The van der Waals surface area contributed by atoms with E-state index in [2.05, 4.69) is 37.6 Å². The van der Waals surface area contributed by atoms with Crippen molar-refractivity contribution in [2.45, 2.75) is 32.7 Å². The molecular formula is C12H24N2. The lowest BCUT2D eigenvalue weighted by Crippen LogP contribution is -2.40. The standard InChI is InChI=1S/C12H24N2/c1-12(2,3)14-8-10-5-6-13(4)7-11(10)9-14/h10-11H,5-9H2,1-4H3/t10-,11+/m0/s1. The van der Waals surface area contributed by atoms with Gasteiger partial charge in [0.25, 0.3) is 0 Å². The molecule has 0 spiro atoms. The molecule has 2 atom stereocenters. The van der Waals surface area contributed by atoms with Crippen LogP contribution < -0.4 is 0 Å². The van der Waals surface area contributed by atoms with Crippen LogP contribution in [0.4, 0.5) is 0 Å². The largest absolute Gasteiger partial charge is 0.306 e. The molecule has 0 saturated carbocycles. The van der Waals surface area contributed by atoms with Crippen LogP contribution in [0.15, 0.2) is 0 Å². The molecule has 0 aliphatic carbocycles. The molecule has 0 aromatic heterocycles. The third-order valence-corrected chi connectivity index (χ3v) is 3.95. The van der Waals surface area contributed by atoms with Gasteiger partial charge in [-0.05, 0) is 52.6 Å². The van der Waals surface area contributed by atoms with Crippen molar-refractivity contribution >= 4 is 0 Å². The SMILES string of the molecule is CN1CC[C@H]2CN(C(C)(C)C)C[C@H]2C1. The molecule has 2 aliphatic heterocycles. The minimum atomic E-state index is 0.371. The highest BCUT2D eigenvalue weighted by atomic mass is 15.2. The predicted molar refractivity (Wildman–Crippen MR) is 60.4 cm³/mol. The minimum absolute atomic E-state index is 0.371. The number of hydrogen-bond donors (Lipinski definition) is 0. The topological polar surface area (TPSA) is 6.48 Å². The van der Waals surface area contributed by atoms with Crippen molar-refractivity contribution < 1.29 is 0 Å². The summed E-state index contributed by atoms with van der Waals surface area (Å²) >= 11 is 0. The summed E-state index contributed by atoms with van der Waals surface area (Å²) in [6.07, 6.45) is 1.41. The molecule has 0 bridgehead atoms. The molecule has 0 N–H and O–H groups in total. The summed E-state index contributed by atoms with van der Waals surface area (Å²) in [4.78, 5) is 5.16. The Hall–Kier alpha value is -0.0800. The Balaban J connectivity index is 1.99. The molecule has 14 heavy (non-hydrogen) atoms. The Morgan fingerprint density at radius 3 is 2.29 bits per heavy atom. The van der Waals surface area contributed by atoms with Crippen molar-refractivity contribution in [1.82, 2.24) is 9.80 Å². The van der Waals surface area contributed by atoms with Crippen molar-refractivity contribution in [2.75, 3.05) is 33.2 Å². The highest BCUT2D eigenvalue weighted by molar-refractivity contribution is 4.93. The van der Waals surface area contributed by atoms with Crippen molar-refractivity contribution in [3.8, 4) is 0 Å². The summed E-state index contributed by atoms with van der Waals surface area (Å²) in [5.41, 5.74) is 0.371. The van der Waals surface area contributed by atoms with Crippen molar-refractivity contribution in [3.05, 3.63) is 0 Å². The smallest absolute Gasteiger partial charge is 0.0125 e. The zero-order valence-corrected chi connectivity index (χ0v) is 10.1. The maximum atomic E-state index is 2.67. The van der Waals surface area contributed by atoms with Gasteiger partial charge >= 0.3 is 0 Å². The van der Waals surface area contributed by atoms with Crippen LogP contribution in [0.2, 0.25) is 0 Å². The molecule has 0 aromatic carbocycles. The van der Waals surface area contributed by atoms with Crippen molar-refractivity contribution in [3.63, 3.8) is 0 Å². The summed E-state index contributed by atoms with van der Waals surface area (Å²) < 4.78 is 0. The summed E-state index contributed by atoms with van der Waals surface area (Å²) in [6, 6.07) is 0. The summed E-state index contributed by atoms with van der Waals surface area (Å²) in [6.45, 7) is 12.3. The van der Waals surface area contributed by atoms with Crippen LogP contribution in [0.5, 0.6) is 0 Å². The van der Waals surface area contributed by atoms with Crippen LogP contribution in [0.3, 0.4) is 0 Å². The van der Waals surface area contributed by atoms with Crippen molar-refractivity contribution in [1.29, 1.82) is 0 Å². The zero-order chi connectivity index (χ0) is 10.3. The molecule has 0 amide bonds. The van der Waals surface area contributed by atoms with E-state index in [0.717, 1.165) is 11.8 Å². The molecule has 2 heteroatoms. The lowest BCUT2D eigenvalue weighted by atomic mass is 9.89. The van der Waals surface area contributed by atoms with Gasteiger partial charge in [-0.15, -0.1) is 0 Å². The van der Waals surface area contributed by atoms with E-state index in [4.69, 9.17) is 0 Å². The fourth-order valence-corrected chi connectivity index (χ4v) is 2.90. The van der Waals surface area contributed by atoms with Gasteiger partial charge in [-0.2, -0.15) is 0 Å². The monoisotopic (exact) mass is 196 g/mol. The van der Waals surface area contributed by atoms with Crippen LogP contribution in [0, 0.1) is 11.8 Å². The number of piperidine rings is 1. The molecule has 2 heterocycles. The lowest BCUT2D eigenvalue weighted by molar-refractivity contribution is 0.163. The first kappa shape index (κ1) is 10.4. The average Bonchev–Trinajstić information content (AvgIpc) is 2.45. The quantitative estimate of drug-likeness (QED) is 0.581. The van der Waals surface area contributed by atoms with E-state index in [-0.39, 0.29) is 0 Å². The lowest BCUT2D eigenvalue weighted by Gasteiger charge is -2.32. The molecule has 2 rings (SSSR count). The van der Waals surface area contributed by atoms with Crippen LogP contribution >= 0.6 is 0 Å². The van der Waals surface area contributed by atoms with E-state index >= 15 is 0 Å². The Morgan fingerprint density at radius 2 is 1.64 bits per heavy atom. The van der Waals surface area contributed by atoms with E-state index in [1.165, 1.54) is 32.6 Å². The maximum absolute atomic E-state index is 2.67. The third-order valence-electron chi connectivity index (χ3n) is 3.95. The van der Waals surface area contributed by atoms with E-state index < -0.39 is 0 Å². The molecule has 0 radical (unpaired) electrons. The van der Waals surface area contributed by atoms with Crippen LogP contribution in [0.25, 0.3) is 0 Å². The van der Waals surface area contributed by atoms with E-state index in [9.17, 15) is 0 Å². The molecule has 0 aromatic rings. The number of fused-ring (bicyclic) bond motifs is 1. The van der Waals surface area contributed by atoms with Gasteiger partial charge in [-0.1, -0.05) is 0 Å². The van der Waals surface area contributed by atoms with E-state index in [0.29, 0.717) is 5.54 Å². The van der Waals surface area contributed by atoms with Crippen molar-refractivity contribution in [2.24, 2.45) is 11.8 Å².